The predicted molar refractivity (Wildman–Crippen MR) is 36.0 cm³/mol. The number of nitrogens with two attached hydrogens (primary N) is 1. The van der Waals surface area contributed by atoms with Gasteiger partial charge in [-0.3, -0.25) is 0 Å². The van der Waals surface area contributed by atoms with Gasteiger partial charge in [0.05, 0.1) is 0 Å². The standard InChI is InChI=1S/C6H13NO2/c1-3-5(8)6(9)4(2)7/h3-4,6,8-9H,7H2,1-2H3/b5-3-/t4-,6-/m0/s1. The molecule has 0 amide bonds. The number of allylic oxidation sites excluding steroid dienone is 1. The predicted octanol–water partition coefficient (Wildman–Crippen LogP) is 0.156. The van der Waals surface area contributed by atoms with Crippen molar-refractivity contribution >= 4 is 0 Å². The van der Waals surface area contributed by atoms with Crippen LogP contribution in [0.3, 0.4) is 0 Å². The second-order valence-electron chi connectivity index (χ2n) is 2.02. The fourth-order valence-electron chi connectivity index (χ4n) is 0.440. The molecule has 0 aromatic carbocycles. The maximum Gasteiger partial charge on any atom is 0.125 e. The average molecular weight is 131 g/mol. The Morgan fingerprint density at radius 2 is 2.11 bits per heavy atom. The highest BCUT2D eigenvalue weighted by Crippen LogP contribution is 1.99. The zero-order valence-electron chi connectivity index (χ0n) is 5.70. The molecule has 4 N–H and O–H groups in total. The van der Waals surface area contributed by atoms with E-state index >= 15 is 0 Å². The molecule has 0 saturated carbocycles. The summed E-state index contributed by atoms with van der Waals surface area (Å²) < 4.78 is 0. The van der Waals surface area contributed by atoms with Crippen LogP contribution >= 0.6 is 0 Å². The van der Waals surface area contributed by atoms with Crippen molar-refractivity contribution in [1.82, 2.24) is 0 Å². The van der Waals surface area contributed by atoms with Gasteiger partial charge < -0.3 is 15.9 Å². The van der Waals surface area contributed by atoms with Crippen LogP contribution in [0.25, 0.3) is 0 Å². The Labute approximate surface area is 54.8 Å². The van der Waals surface area contributed by atoms with E-state index in [4.69, 9.17) is 15.9 Å². The molecular weight excluding hydrogens is 118 g/mol. The molecule has 0 aliphatic rings. The van der Waals surface area contributed by atoms with Crippen LogP contribution in [0, 0.1) is 0 Å². The molecule has 0 radical (unpaired) electrons. The van der Waals surface area contributed by atoms with E-state index in [1.807, 2.05) is 0 Å². The Balaban J connectivity index is 3.88. The van der Waals surface area contributed by atoms with E-state index in [0.717, 1.165) is 0 Å². The Bertz CT molecular complexity index is 110. The summed E-state index contributed by atoms with van der Waals surface area (Å²) in [7, 11) is 0. The highest BCUT2D eigenvalue weighted by atomic mass is 16.3. The van der Waals surface area contributed by atoms with Crippen molar-refractivity contribution in [3.63, 3.8) is 0 Å². The lowest BCUT2D eigenvalue weighted by atomic mass is 10.1. The lowest BCUT2D eigenvalue weighted by Crippen LogP contribution is -2.32. The Morgan fingerprint density at radius 1 is 1.67 bits per heavy atom. The molecule has 0 bridgehead atoms. The van der Waals surface area contributed by atoms with Crippen LogP contribution in [0.15, 0.2) is 11.8 Å². The van der Waals surface area contributed by atoms with E-state index in [9.17, 15) is 0 Å². The maximum absolute atomic E-state index is 8.95. The normalized spacial score (nSPS) is 19.3. The Morgan fingerprint density at radius 3 is 2.22 bits per heavy atom. The van der Waals surface area contributed by atoms with Crippen LogP contribution < -0.4 is 5.73 Å². The summed E-state index contributed by atoms with van der Waals surface area (Å²) in [6, 6.07) is -0.416. The maximum atomic E-state index is 8.95. The van der Waals surface area contributed by atoms with Gasteiger partial charge in [0, 0.05) is 6.04 Å². The quantitative estimate of drug-likeness (QED) is 0.467. The van der Waals surface area contributed by atoms with Gasteiger partial charge in [0.15, 0.2) is 0 Å². The zero-order valence-corrected chi connectivity index (χ0v) is 5.70. The molecule has 0 fully saturated rings. The van der Waals surface area contributed by atoms with Gasteiger partial charge in [-0.25, -0.2) is 0 Å². The zero-order chi connectivity index (χ0) is 7.44. The van der Waals surface area contributed by atoms with Crippen LogP contribution in [0.1, 0.15) is 13.8 Å². The first-order chi connectivity index (χ1) is 4.09. The van der Waals surface area contributed by atoms with Crippen LogP contribution in [0.5, 0.6) is 0 Å². The third-order valence-corrected chi connectivity index (χ3v) is 1.10. The lowest BCUT2D eigenvalue weighted by molar-refractivity contribution is 0.133. The number of aliphatic hydroxyl groups is 2. The smallest absolute Gasteiger partial charge is 0.125 e. The summed E-state index contributed by atoms with van der Waals surface area (Å²) in [6.45, 7) is 3.27. The summed E-state index contributed by atoms with van der Waals surface area (Å²) in [4.78, 5) is 0. The van der Waals surface area contributed by atoms with Crippen molar-refractivity contribution in [1.29, 1.82) is 0 Å². The molecular formula is C6H13NO2. The van der Waals surface area contributed by atoms with Gasteiger partial charge in [0.25, 0.3) is 0 Å². The highest BCUT2D eigenvalue weighted by molar-refractivity contribution is 4.98. The van der Waals surface area contributed by atoms with Gasteiger partial charge in [-0.05, 0) is 19.9 Å². The van der Waals surface area contributed by atoms with Crippen molar-refractivity contribution < 1.29 is 10.2 Å². The molecule has 0 saturated heterocycles. The molecule has 0 aromatic rings. The van der Waals surface area contributed by atoms with Gasteiger partial charge in [-0.1, -0.05) is 0 Å². The molecule has 54 valence electrons. The Kier molecular flexibility index (Phi) is 3.27. The van der Waals surface area contributed by atoms with Crippen LogP contribution in [0.4, 0.5) is 0 Å². The number of hydrogen-bond donors (Lipinski definition) is 3. The van der Waals surface area contributed by atoms with Gasteiger partial charge in [-0.2, -0.15) is 0 Å². The van der Waals surface area contributed by atoms with E-state index in [2.05, 4.69) is 0 Å². The van der Waals surface area contributed by atoms with Crippen molar-refractivity contribution in [2.75, 3.05) is 0 Å². The van der Waals surface area contributed by atoms with Gasteiger partial charge in [0.2, 0.25) is 0 Å². The van der Waals surface area contributed by atoms with Crippen molar-refractivity contribution in [3.05, 3.63) is 11.8 Å². The summed E-state index contributed by atoms with van der Waals surface area (Å²) in [6.07, 6.45) is 0.503. The fraction of sp³-hybridized carbons (Fsp3) is 0.667. The van der Waals surface area contributed by atoms with Gasteiger partial charge >= 0.3 is 0 Å². The minimum Gasteiger partial charge on any atom is -0.510 e. The molecule has 0 spiro atoms. The SMILES string of the molecule is C/C=C(\O)[C@@H](O)[C@H](C)N. The summed E-state index contributed by atoms with van der Waals surface area (Å²) >= 11 is 0. The highest BCUT2D eigenvalue weighted by Gasteiger charge is 2.12. The summed E-state index contributed by atoms with van der Waals surface area (Å²) in [5, 5.41) is 17.8. The fourth-order valence-corrected chi connectivity index (χ4v) is 0.440. The molecule has 3 heteroatoms. The largest absolute Gasteiger partial charge is 0.510 e. The van der Waals surface area contributed by atoms with E-state index in [0.29, 0.717) is 0 Å². The van der Waals surface area contributed by atoms with Crippen LogP contribution in [-0.2, 0) is 0 Å². The summed E-state index contributed by atoms with van der Waals surface area (Å²) in [5.74, 6) is -0.0648. The topological polar surface area (TPSA) is 66.5 Å². The first-order valence-corrected chi connectivity index (χ1v) is 2.88. The molecule has 0 aliphatic carbocycles. The number of hydrogen-bond acceptors (Lipinski definition) is 3. The molecule has 0 rings (SSSR count). The van der Waals surface area contributed by atoms with E-state index in [1.165, 1.54) is 6.08 Å². The molecule has 2 atom stereocenters. The molecule has 0 aliphatic heterocycles. The molecule has 0 unspecified atom stereocenters. The monoisotopic (exact) mass is 131 g/mol. The first-order valence-electron chi connectivity index (χ1n) is 2.88. The lowest BCUT2D eigenvalue weighted by Gasteiger charge is -2.12. The second-order valence-corrected chi connectivity index (χ2v) is 2.02. The van der Waals surface area contributed by atoms with E-state index < -0.39 is 12.1 Å². The number of aliphatic hydroxyl groups excluding tert-OH is 2. The molecule has 0 aromatic heterocycles. The summed E-state index contributed by atoms with van der Waals surface area (Å²) in [5.41, 5.74) is 5.26. The van der Waals surface area contributed by atoms with E-state index in [-0.39, 0.29) is 5.76 Å². The van der Waals surface area contributed by atoms with Crippen molar-refractivity contribution in [2.45, 2.75) is 26.0 Å². The third kappa shape index (κ3) is 2.49. The second kappa shape index (κ2) is 3.48. The van der Waals surface area contributed by atoms with Crippen molar-refractivity contribution in [2.24, 2.45) is 5.73 Å². The van der Waals surface area contributed by atoms with Crippen molar-refractivity contribution in [3.8, 4) is 0 Å². The van der Waals surface area contributed by atoms with Crippen LogP contribution in [-0.4, -0.2) is 22.4 Å². The number of rotatable bonds is 2. The van der Waals surface area contributed by atoms with E-state index in [1.54, 1.807) is 13.8 Å². The minimum absolute atomic E-state index is 0.0648. The minimum atomic E-state index is -0.921. The first kappa shape index (κ1) is 8.46. The molecule has 3 nitrogen and oxygen atoms in total. The van der Waals surface area contributed by atoms with Crippen LogP contribution in [0.2, 0.25) is 0 Å². The molecule has 9 heavy (non-hydrogen) atoms. The average Bonchev–Trinajstić information content (AvgIpc) is 1.84. The van der Waals surface area contributed by atoms with Gasteiger partial charge in [-0.15, -0.1) is 0 Å². The third-order valence-electron chi connectivity index (χ3n) is 1.10. The Hall–Kier alpha value is -0.540. The molecule has 0 heterocycles. The van der Waals surface area contributed by atoms with Gasteiger partial charge in [0.1, 0.15) is 11.9 Å².